The van der Waals surface area contributed by atoms with Crippen molar-refractivity contribution in [2.45, 2.75) is 44.2 Å². The smallest absolute Gasteiger partial charge is 0.472 e. The average Bonchev–Trinajstić information content (AvgIpc) is 2.69. The Morgan fingerprint density at radius 1 is 1.17 bits per heavy atom. The van der Waals surface area contributed by atoms with Crippen molar-refractivity contribution in [3.05, 3.63) is 47.9 Å². The second-order valence-electron chi connectivity index (χ2n) is 6.46. The van der Waals surface area contributed by atoms with E-state index in [1.807, 2.05) is 6.07 Å². The largest absolute Gasteiger partial charge is 0.573 e. The lowest BCUT2D eigenvalue weighted by Gasteiger charge is -2.29. The first-order valence-corrected chi connectivity index (χ1v) is 8.88. The fourth-order valence-electron chi connectivity index (χ4n) is 3.07. The molecule has 0 radical (unpaired) electrons. The average molecular weight is 406 g/mol. The summed E-state index contributed by atoms with van der Waals surface area (Å²) in [6.07, 6.45) is 0.380. The van der Waals surface area contributed by atoms with Gasteiger partial charge in [0, 0.05) is 24.0 Å². The Labute approximate surface area is 164 Å². The van der Waals surface area contributed by atoms with E-state index in [9.17, 15) is 18.0 Å². The van der Waals surface area contributed by atoms with Crippen molar-refractivity contribution in [3.63, 3.8) is 0 Å². The third-order valence-corrected chi connectivity index (χ3v) is 4.39. The molecule has 10 heteroatoms. The Morgan fingerprint density at radius 3 is 2.59 bits per heavy atom. The zero-order valence-electron chi connectivity index (χ0n) is 15.1. The highest BCUT2D eigenvalue weighted by Gasteiger charge is 2.31. The predicted molar refractivity (Wildman–Crippen MR) is 94.0 cm³/mol. The fourth-order valence-corrected chi connectivity index (χ4v) is 3.07. The van der Waals surface area contributed by atoms with Crippen LogP contribution in [0.5, 0.6) is 11.6 Å². The summed E-state index contributed by atoms with van der Waals surface area (Å²) in [6, 6.07) is 6.72. The van der Waals surface area contributed by atoms with Gasteiger partial charge >= 0.3 is 6.36 Å². The number of nitrogens with zero attached hydrogens (tertiary/aromatic N) is 3. The highest BCUT2D eigenvalue weighted by Crippen LogP contribution is 2.25. The van der Waals surface area contributed by atoms with E-state index in [-0.39, 0.29) is 29.3 Å². The number of amides is 1. The molecule has 0 atom stereocenters. The zero-order valence-corrected chi connectivity index (χ0v) is 15.1. The number of carbonyl (C=O) groups is 1. The molecule has 0 bridgehead atoms. The number of carbonyl (C=O) groups excluding carboxylic acids is 1. The minimum atomic E-state index is -4.82. The van der Waals surface area contributed by atoms with Gasteiger partial charge in [0.05, 0.1) is 0 Å². The highest BCUT2D eigenvalue weighted by molar-refractivity contribution is 5.94. The van der Waals surface area contributed by atoms with Gasteiger partial charge in [0.25, 0.3) is 11.8 Å². The minimum Gasteiger partial charge on any atom is -0.472 e. The monoisotopic (exact) mass is 406 g/mol. The van der Waals surface area contributed by atoms with Gasteiger partial charge in [-0.25, -0.2) is 9.97 Å². The number of nitrogens with one attached hydrogen (secondary N) is 1. The zero-order chi connectivity index (χ0) is 20.9. The molecule has 1 fully saturated rings. The van der Waals surface area contributed by atoms with Gasteiger partial charge in [-0.1, -0.05) is 6.07 Å². The summed E-state index contributed by atoms with van der Waals surface area (Å²) >= 11 is 0. The van der Waals surface area contributed by atoms with Crippen molar-refractivity contribution in [2.24, 2.45) is 0 Å². The van der Waals surface area contributed by atoms with E-state index >= 15 is 0 Å². The molecular weight excluding hydrogens is 389 g/mol. The second-order valence-corrected chi connectivity index (χ2v) is 6.46. The van der Waals surface area contributed by atoms with E-state index in [4.69, 9.17) is 10.00 Å². The van der Waals surface area contributed by atoms with Crippen molar-refractivity contribution < 1.29 is 27.4 Å². The molecular formula is C19H17F3N4O3. The number of alkyl halides is 3. The maximum Gasteiger partial charge on any atom is 0.573 e. The van der Waals surface area contributed by atoms with Crippen LogP contribution < -0.4 is 14.8 Å². The SMILES string of the molecule is N#Cc1nccnc1OC1CCC(NC(=O)c2cccc(OC(F)(F)F)c2)CC1. The number of nitriles is 1. The first-order chi connectivity index (χ1) is 13.8. The molecule has 1 amide bonds. The van der Waals surface area contributed by atoms with Crippen LogP contribution in [0.4, 0.5) is 13.2 Å². The standard InChI is InChI=1S/C19H17F3N4O3/c20-19(21,22)29-15-3-1-2-12(10-15)17(27)26-13-4-6-14(7-5-13)28-18-16(11-23)24-8-9-25-18/h1-3,8-10,13-14H,4-7H2,(H,26,27). The van der Waals surface area contributed by atoms with E-state index in [1.54, 1.807) is 0 Å². The Hall–Kier alpha value is -3.35. The molecule has 1 aromatic heterocycles. The van der Waals surface area contributed by atoms with Gasteiger partial charge in [-0.05, 0) is 43.9 Å². The van der Waals surface area contributed by atoms with Gasteiger partial charge in [-0.3, -0.25) is 4.79 Å². The Morgan fingerprint density at radius 2 is 1.90 bits per heavy atom. The Bertz CT molecular complexity index is 906. The number of hydrogen-bond acceptors (Lipinski definition) is 6. The number of aromatic nitrogens is 2. The van der Waals surface area contributed by atoms with Crippen molar-refractivity contribution in [3.8, 4) is 17.7 Å². The maximum atomic E-state index is 12.4. The van der Waals surface area contributed by atoms with Gasteiger partial charge in [0.1, 0.15) is 17.9 Å². The first-order valence-electron chi connectivity index (χ1n) is 8.88. The Balaban J connectivity index is 1.52. The topological polar surface area (TPSA) is 97.1 Å². The number of benzene rings is 1. The summed E-state index contributed by atoms with van der Waals surface area (Å²) in [5, 5.41) is 11.8. The van der Waals surface area contributed by atoms with Crippen molar-refractivity contribution in [1.29, 1.82) is 5.26 Å². The molecule has 1 aliphatic carbocycles. The summed E-state index contributed by atoms with van der Waals surface area (Å²) in [5.41, 5.74) is 0.201. The summed E-state index contributed by atoms with van der Waals surface area (Å²) in [6.45, 7) is 0. The van der Waals surface area contributed by atoms with Crippen LogP contribution in [0.3, 0.4) is 0 Å². The third kappa shape index (κ3) is 5.81. The quantitative estimate of drug-likeness (QED) is 0.818. The second kappa shape index (κ2) is 8.77. The van der Waals surface area contributed by atoms with Crippen molar-refractivity contribution >= 4 is 5.91 Å². The normalized spacial score (nSPS) is 19.1. The van der Waals surface area contributed by atoms with Crippen LogP contribution in [0.2, 0.25) is 0 Å². The van der Waals surface area contributed by atoms with E-state index in [1.165, 1.54) is 24.5 Å². The van der Waals surface area contributed by atoms with E-state index in [0.29, 0.717) is 25.7 Å². The number of halogens is 3. The summed E-state index contributed by atoms with van der Waals surface area (Å²) in [7, 11) is 0. The lowest BCUT2D eigenvalue weighted by Crippen LogP contribution is -2.39. The first kappa shape index (κ1) is 20.4. The van der Waals surface area contributed by atoms with Crippen LogP contribution >= 0.6 is 0 Å². The van der Waals surface area contributed by atoms with Crippen molar-refractivity contribution in [2.75, 3.05) is 0 Å². The molecule has 0 aliphatic heterocycles. The molecule has 2 aromatic rings. The lowest BCUT2D eigenvalue weighted by atomic mass is 9.92. The highest BCUT2D eigenvalue weighted by atomic mass is 19.4. The Kier molecular flexibility index (Phi) is 6.16. The number of hydrogen-bond donors (Lipinski definition) is 1. The molecule has 0 saturated heterocycles. The molecule has 1 N–H and O–H groups in total. The molecule has 0 unspecified atom stereocenters. The fraction of sp³-hybridized carbons (Fsp3) is 0.368. The maximum absolute atomic E-state index is 12.4. The van der Waals surface area contributed by atoms with Crippen LogP contribution in [0.15, 0.2) is 36.7 Å². The molecule has 29 heavy (non-hydrogen) atoms. The molecule has 1 saturated carbocycles. The van der Waals surface area contributed by atoms with Gasteiger partial charge in [0.15, 0.2) is 0 Å². The molecule has 0 spiro atoms. The van der Waals surface area contributed by atoms with Crippen LogP contribution in [-0.2, 0) is 0 Å². The molecule has 1 aliphatic rings. The lowest BCUT2D eigenvalue weighted by molar-refractivity contribution is -0.274. The molecule has 3 rings (SSSR count). The summed E-state index contributed by atoms with van der Waals surface area (Å²) in [4.78, 5) is 20.3. The van der Waals surface area contributed by atoms with Crippen LogP contribution in [0, 0.1) is 11.3 Å². The van der Waals surface area contributed by atoms with Crippen LogP contribution in [0.25, 0.3) is 0 Å². The van der Waals surface area contributed by atoms with E-state index in [2.05, 4.69) is 20.0 Å². The van der Waals surface area contributed by atoms with E-state index in [0.717, 1.165) is 12.1 Å². The number of rotatable bonds is 5. The molecule has 1 aromatic carbocycles. The van der Waals surface area contributed by atoms with Gasteiger partial charge in [0.2, 0.25) is 5.69 Å². The van der Waals surface area contributed by atoms with Crippen LogP contribution in [-0.4, -0.2) is 34.4 Å². The van der Waals surface area contributed by atoms with Gasteiger partial charge in [-0.15, -0.1) is 13.2 Å². The summed E-state index contributed by atoms with van der Waals surface area (Å²) < 4.78 is 46.6. The van der Waals surface area contributed by atoms with Crippen molar-refractivity contribution in [1.82, 2.24) is 15.3 Å². The molecule has 1 heterocycles. The van der Waals surface area contributed by atoms with Gasteiger partial charge < -0.3 is 14.8 Å². The van der Waals surface area contributed by atoms with E-state index < -0.39 is 18.0 Å². The number of ether oxygens (including phenoxy) is 2. The molecule has 7 nitrogen and oxygen atoms in total. The predicted octanol–water partition coefficient (Wildman–Crippen LogP) is 3.37. The third-order valence-electron chi connectivity index (χ3n) is 4.39. The van der Waals surface area contributed by atoms with Crippen LogP contribution in [0.1, 0.15) is 41.7 Å². The van der Waals surface area contributed by atoms with Gasteiger partial charge in [-0.2, -0.15) is 5.26 Å². The minimum absolute atomic E-state index is 0.0864. The molecule has 152 valence electrons. The summed E-state index contributed by atoms with van der Waals surface area (Å²) in [5.74, 6) is -0.730.